The van der Waals surface area contributed by atoms with Gasteiger partial charge in [-0.05, 0) is 74.7 Å². The summed E-state index contributed by atoms with van der Waals surface area (Å²) in [6, 6.07) is 0. The first kappa shape index (κ1) is 20.5. The summed E-state index contributed by atoms with van der Waals surface area (Å²) in [6.07, 6.45) is 5.00. The first-order chi connectivity index (χ1) is 14.1. The second-order valence-electron chi connectivity index (χ2n) is 10.8. The number of aliphatic carboxylic acids is 1. The molecule has 8 atom stereocenters. The molecule has 0 spiro atoms. The van der Waals surface area contributed by atoms with E-state index in [0.717, 1.165) is 12.0 Å². The number of aliphatic hydroxyl groups excluding tert-OH is 1. The van der Waals surface area contributed by atoms with Crippen LogP contribution in [-0.4, -0.2) is 56.3 Å². The van der Waals surface area contributed by atoms with Gasteiger partial charge in [-0.2, -0.15) is 0 Å². The van der Waals surface area contributed by atoms with E-state index in [1.54, 1.807) is 6.08 Å². The quantitative estimate of drug-likeness (QED) is 0.502. The van der Waals surface area contributed by atoms with E-state index in [-0.39, 0.29) is 49.6 Å². The van der Waals surface area contributed by atoms with Crippen LogP contribution in [0, 0.1) is 28.6 Å². The van der Waals surface area contributed by atoms with Crippen LogP contribution in [0.15, 0.2) is 11.6 Å². The van der Waals surface area contributed by atoms with Crippen LogP contribution in [0.25, 0.3) is 0 Å². The SMILES string of the molecule is CC12CCC3C(CCC4(O)CC(O)CCC34C(=O)O)C1(O)CC[C@H]2C1=CC(=O)OC1. The number of esters is 1. The number of carbonyl (C=O) groups is 2. The Morgan fingerprint density at radius 3 is 2.47 bits per heavy atom. The lowest BCUT2D eigenvalue weighted by Gasteiger charge is -2.65. The van der Waals surface area contributed by atoms with Gasteiger partial charge in [-0.25, -0.2) is 4.79 Å². The highest BCUT2D eigenvalue weighted by atomic mass is 16.5. The Hall–Kier alpha value is -1.44. The van der Waals surface area contributed by atoms with Gasteiger partial charge in [0.15, 0.2) is 0 Å². The standard InChI is InChI=1S/C23H32O7/c1-20-6-3-16-17(23(20,29)9-5-15(20)13-10-18(25)30-12-13)4-7-21(28)11-14(24)2-8-22(16,21)19(26)27/h10,14-17,24,28-29H,2-9,11-12H2,1H3,(H,26,27)/t14?,15-,16?,17?,20?,21?,22?,23?/m0/s1. The normalized spacial score (nSPS) is 52.7. The van der Waals surface area contributed by atoms with Crippen LogP contribution in [0.5, 0.6) is 0 Å². The molecule has 5 aliphatic rings. The van der Waals surface area contributed by atoms with Gasteiger partial charge in [-0.3, -0.25) is 4.79 Å². The van der Waals surface area contributed by atoms with Crippen molar-refractivity contribution in [2.24, 2.45) is 28.6 Å². The molecule has 5 rings (SSSR count). The largest absolute Gasteiger partial charge is 0.481 e. The van der Waals surface area contributed by atoms with E-state index in [1.165, 1.54) is 0 Å². The second-order valence-corrected chi connectivity index (χ2v) is 10.8. The number of rotatable bonds is 2. The fraction of sp³-hybridized carbons (Fsp3) is 0.826. The summed E-state index contributed by atoms with van der Waals surface area (Å²) >= 11 is 0. The summed E-state index contributed by atoms with van der Waals surface area (Å²) < 4.78 is 5.14. The number of carboxylic acids is 1. The molecule has 0 radical (unpaired) electrons. The summed E-state index contributed by atoms with van der Waals surface area (Å²) in [5, 5.41) is 44.1. The van der Waals surface area contributed by atoms with Crippen molar-refractivity contribution in [1.82, 2.24) is 0 Å². The van der Waals surface area contributed by atoms with Crippen molar-refractivity contribution in [2.75, 3.05) is 6.61 Å². The fourth-order valence-corrected chi connectivity index (χ4v) is 8.49. The molecule has 7 nitrogen and oxygen atoms in total. The molecular formula is C23H32O7. The maximum absolute atomic E-state index is 12.7. The molecule has 1 aliphatic heterocycles. The van der Waals surface area contributed by atoms with Crippen molar-refractivity contribution in [2.45, 2.75) is 82.0 Å². The van der Waals surface area contributed by atoms with E-state index in [0.29, 0.717) is 32.1 Å². The minimum absolute atomic E-state index is 0.0460. The first-order valence-corrected chi connectivity index (χ1v) is 11.3. The molecule has 1 heterocycles. The molecule has 4 saturated carbocycles. The van der Waals surface area contributed by atoms with Crippen LogP contribution in [0.4, 0.5) is 0 Å². The predicted octanol–water partition coefficient (Wildman–Crippen LogP) is 1.78. The van der Waals surface area contributed by atoms with Gasteiger partial charge >= 0.3 is 11.9 Å². The zero-order valence-corrected chi connectivity index (χ0v) is 17.5. The summed E-state index contributed by atoms with van der Waals surface area (Å²) in [6.45, 7) is 2.36. The van der Waals surface area contributed by atoms with E-state index in [9.17, 15) is 30.0 Å². The summed E-state index contributed by atoms with van der Waals surface area (Å²) in [4.78, 5) is 24.3. The van der Waals surface area contributed by atoms with E-state index in [2.05, 4.69) is 6.92 Å². The lowest BCUT2D eigenvalue weighted by Crippen LogP contribution is -2.70. The highest BCUT2D eigenvalue weighted by molar-refractivity contribution is 5.85. The molecule has 7 unspecified atom stereocenters. The summed E-state index contributed by atoms with van der Waals surface area (Å²) in [7, 11) is 0. The average Bonchev–Trinajstić information content (AvgIpc) is 3.21. The molecule has 7 heteroatoms. The van der Waals surface area contributed by atoms with Gasteiger partial charge < -0.3 is 25.2 Å². The second kappa shape index (κ2) is 6.30. The van der Waals surface area contributed by atoms with Gasteiger partial charge in [0, 0.05) is 17.9 Å². The van der Waals surface area contributed by atoms with Crippen molar-refractivity contribution in [3.05, 3.63) is 11.6 Å². The predicted molar refractivity (Wildman–Crippen MR) is 105 cm³/mol. The van der Waals surface area contributed by atoms with E-state index < -0.39 is 34.1 Å². The molecule has 0 aromatic carbocycles. The van der Waals surface area contributed by atoms with Gasteiger partial charge in [0.1, 0.15) is 6.61 Å². The van der Waals surface area contributed by atoms with Crippen molar-refractivity contribution < 1.29 is 34.8 Å². The highest BCUT2D eigenvalue weighted by Crippen LogP contribution is 2.70. The Labute approximate surface area is 176 Å². The number of hydrogen-bond donors (Lipinski definition) is 4. The topological polar surface area (TPSA) is 124 Å². The zero-order valence-electron chi connectivity index (χ0n) is 17.5. The number of carboxylic acid groups (broad SMARTS) is 1. The fourth-order valence-electron chi connectivity index (χ4n) is 8.49. The minimum Gasteiger partial charge on any atom is -0.481 e. The Morgan fingerprint density at radius 1 is 1.07 bits per heavy atom. The molecular weight excluding hydrogens is 388 g/mol. The van der Waals surface area contributed by atoms with Crippen molar-refractivity contribution in [3.63, 3.8) is 0 Å². The van der Waals surface area contributed by atoms with E-state index in [1.807, 2.05) is 0 Å². The molecule has 0 aromatic rings. The van der Waals surface area contributed by atoms with Crippen LogP contribution in [0.2, 0.25) is 0 Å². The van der Waals surface area contributed by atoms with Crippen molar-refractivity contribution in [3.8, 4) is 0 Å². The number of cyclic esters (lactones) is 1. The molecule has 0 amide bonds. The summed E-state index contributed by atoms with van der Waals surface area (Å²) in [5.41, 5.74) is -3.30. The number of fused-ring (bicyclic) bond motifs is 5. The average molecular weight is 421 g/mol. The third-order valence-corrected chi connectivity index (χ3v) is 9.94. The van der Waals surface area contributed by atoms with E-state index in [4.69, 9.17) is 4.74 Å². The van der Waals surface area contributed by atoms with Crippen molar-refractivity contribution >= 4 is 11.9 Å². The molecule has 166 valence electrons. The maximum Gasteiger partial charge on any atom is 0.331 e. The number of ether oxygens (including phenoxy) is 1. The van der Waals surface area contributed by atoms with Crippen LogP contribution in [0.1, 0.15) is 64.7 Å². The molecule has 4 aliphatic carbocycles. The van der Waals surface area contributed by atoms with Gasteiger partial charge in [0.05, 0.1) is 22.7 Å². The number of aliphatic hydroxyl groups is 3. The Bertz CT molecular complexity index is 822. The van der Waals surface area contributed by atoms with Crippen LogP contribution >= 0.6 is 0 Å². The lowest BCUT2D eigenvalue weighted by molar-refractivity contribution is -0.260. The Balaban J connectivity index is 1.54. The number of carbonyl (C=O) groups excluding carboxylic acids is 1. The van der Waals surface area contributed by atoms with Crippen LogP contribution in [0.3, 0.4) is 0 Å². The van der Waals surface area contributed by atoms with Gasteiger partial charge in [0.2, 0.25) is 0 Å². The van der Waals surface area contributed by atoms with Crippen LogP contribution in [-0.2, 0) is 14.3 Å². The Kier molecular flexibility index (Phi) is 4.30. The molecule has 0 bridgehead atoms. The summed E-state index contributed by atoms with van der Waals surface area (Å²) in [5.74, 6) is -1.82. The zero-order chi connectivity index (χ0) is 21.5. The molecule has 0 aromatic heterocycles. The van der Waals surface area contributed by atoms with E-state index >= 15 is 0 Å². The monoisotopic (exact) mass is 420 g/mol. The maximum atomic E-state index is 12.7. The molecule has 0 saturated heterocycles. The first-order valence-electron chi connectivity index (χ1n) is 11.3. The van der Waals surface area contributed by atoms with Gasteiger partial charge in [0.25, 0.3) is 0 Å². The lowest BCUT2D eigenvalue weighted by atomic mass is 9.41. The van der Waals surface area contributed by atoms with Crippen molar-refractivity contribution in [1.29, 1.82) is 0 Å². The Morgan fingerprint density at radius 2 is 1.80 bits per heavy atom. The molecule has 4 N–H and O–H groups in total. The molecule has 4 fully saturated rings. The van der Waals surface area contributed by atoms with Gasteiger partial charge in [-0.15, -0.1) is 0 Å². The van der Waals surface area contributed by atoms with Crippen LogP contribution < -0.4 is 0 Å². The minimum atomic E-state index is -1.44. The smallest absolute Gasteiger partial charge is 0.331 e. The third kappa shape index (κ3) is 2.32. The third-order valence-electron chi connectivity index (χ3n) is 9.94. The number of hydrogen-bond acceptors (Lipinski definition) is 6. The van der Waals surface area contributed by atoms with Gasteiger partial charge in [-0.1, -0.05) is 6.92 Å². The highest BCUT2D eigenvalue weighted by Gasteiger charge is 2.73. The molecule has 30 heavy (non-hydrogen) atoms.